The Labute approximate surface area is 296 Å². The summed E-state index contributed by atoms with van der Waals surface area (Å²) in [5, 5.41) is 17.4. The number of carbonyl (C=O) groups is 5. The van der Waals surface area contributed by atoms with Gasteiger partial charge in [-0.25, -0.2) is 14.1 Å². The summed E-state index contributed by atoms with van der Waals surface area (Å²) in [6.07, 6.45) is 8.01. The van der Waals surface area contributed by atoms with Gasteiger partial charge in [-0.2, -0.15) is 0 Å². The number of aliphatic carboxylic acids is 1. The van der Waals surface area contributed by atoms with Crippen molar-refractivity contribution >= 4 is 71.6 Å². The molecular weight excluding hydrogens is 723 g/mol. The van der Waals surface area contributed by atoms with Gasteiger partial charge in [0.25, 0.3) is 17.7 Å². The molecule has 2 aromatic carbocycles. The Hall–Kier alpha value is -4.45. The zero-order valence-corrected chi connectivity index (χ0v) is 29.2. The van der Waals surface area contributed by atoms with Crippen LogP contribution >= 0.6 is 30.6 Å². The molecule has 2 unspecified atom stereocenters. The highest BCUT2D eigenvalue weighted by atomic mass is 35.5. The van der Waals surface area contributed by atoms with Gasteiger partial charge in [0.2, 0.25) is 0 Å². The lowest BCUT2D eigenvalue weighted by atomic mass is 9.93. The molecule has 0 radical (unpaired) electrons. The second-order valence-electron chi connectivity index (χ2n) is 11.1. The lowest BCUT2D eigenvalue weighted by Gasteiger charge is -2.29. The van der Waals surface area contributed by atoms with Crippen molar-refractivity contribution < 1.29 is 57.5 Å². The maximum Gasteiger partial charge on any atom is 0.341 e. The fourth-order valence-corrected chi connectivity index (χ4v) is 6.26. The fraction of sp³-hybridized carbons (Fsp3) is 0.344. The number of hydrogen-bond donors (Lipinski definition) is 4. The fourth-order valence-electron chi connectivity index (χ4n) is 5.04. The number of benzene rings is 2. The van der Waals surface area contributed by atoms with E-state index in [4.69, 9.17) is 59.9 Å². The van der Waals surface area contributed by atoms with Crippen LogP contribution in [0.5, 0.6) is 11.5 Å². The Balaban J connectivity index is 0.000000236. The highest BCUT2D eigenvalue weighted by Crippen LogP contribution is 2.42. The molecule has 3 aliphatic rings. The number of terminal acetylenes is 1. The van der Waals surface area contributed by atoms with Crippen molar-refractivity contribution in [3.05, 3.63) is 56.8 Å². The average Bonchev–Trinajstić information content (AvgIpc) is 3.31. The number of nitrogens with two attached hydrogens (primary N) is 1. The second kappa shape index (κ2) is 17.0. The Morgan fingerprint density at radius 3 is 2.16 bits per heavy atom. The number of amides is 3. The van der Waals surface area contributed by atoms with Gasteiger partial charge in [0.05, 0.1) is 35.1 Å². The minimum Gasteiger partial charge on any atom is -0.494 e. The van der Waals surface area contributed by atoms with Crippen molar-refractivity contribution in [1.29, 1.82) is 0 Å². The minimum atomic E-state index is -3.10. The zero-order valence-electron chi connectivity index (χ0n) is 26.8. The molecule has 1 aliphatic carbocycles. The molecule has 3 amide bonds. The van der Waals surface area contributed by atoms with Crippen LogP contribution in [0.2, 0.25) is 10.0 Å². The molecule has 18 heteroatoms. The molecule has 0 saturated carbocycles. The number of carbonyl (C=O) groups excluding carboxylic acids is 3. The van der Waals surface area contributed by atoms with Gasteiger partial charge in [0, 0.05) is 30.0 Å². The number of carboxylic acid groups (broad SMARTS) is 2. The molecule has 2 heterocycles. The number of fused-ring (bicyclic) bond motifs is 1. The summed E-state index contributed by atoms with van der Waals surface area (Å²) in [5.74, 6) is -1.81. The maximum absolute atomic E-state index is 14.7. The van der Waals surface area contributed by atoms with Crippen LogP contribution in [0, 0.1) is 18.2 Å². The van der Waals surface area contributed by atoms with Gasteiger partial charge in [-0.1, -0.05) is 29.1 Å². The van der Waals surface area contributed by atoms with Crippen LogP contribution in [0.4, 0.5) is 15.8 Å². The van der Waals surface area contributed by atoms with E-state index in [1.54, 1.807) is 0 Å². The second-order valence-corrected chi connectivity index (χ2v) is 14.5. The van der Waals surface area contributed by atoms with E-state index in [0.717, 1.165) is 23.8 Å². The van der Waals surface area contributed by atoms with E-state index in [9.17, 15) is 32.9 Å². The third kappa shape index (κ3) is 9.41. The SMILES string of the molecule is C#CCN1C(=O)COc2cc(F)c(N3C(=O)C4=C(CCCC4)C3=O)cc21.COc1c(Cl)ccc(Cl)c1C(=O)O.CP(=O)(O)CCC(N)C(=O)O. The lowest BCUT2D eigenvalue weighted by Crippen LogP contribution is -2.39. The molecule has 0 fully saturated rings. The summed E-state index contributed by atoms with van der Waals surface area (Å²) >= 11 is 11.4. The number of anilines is 2. The first kappa shape index (κ1) is 40.0. The number of aromatic carboxylic acids is 1. The van der Waals surface area contributed by atoms with Crippen molar-refractivity contribution in [3.63, 3.8) is 0 Å². The zero-order chi connectivity index (χ0) is 37.5. The number of halogens is 3. The van der Waals surface area contributed by atoms with Crippen LogP contribution in [-0.4, -0.2) is 83.9 Å². The molecule has 0 saturated heterocycles. The van der Waals surface area contributed by atoms with E-state index in [1.807, 2.05) is 0 Å². The van der Waals surface area contributed by atoms with Crippen molar-refractivity contribution in [2.75, 3.05) is 42.9 Å². The van der Waals surface area contributed by atoms with Crippen LogP contribution in [0.15, 0.2) is 35.4 Å². The summed E-state index contributed by atoms with van der Waals surface area (Å²) in [6.45, 7) is 0.920. The van der Waals surface area contributed by atoms with E-state index >= 15 is 0 Å². The molecule has 0 bridgehead atoms. The lowest BCUT2D eigenvalue weighted by molar-refractivity contribution is -0.138. The van der Waals surface area contributed by atoms with Gasteiger partial charge in [-0.3, -0.25) is 28.6 Å². The Bertz CT molecular complexity index is 1810. The van der Waals surface area contributed by atoms with Crippen LogP contribution in [0.1, 0.15) is 42.5 Å². The summed E-state index contributed by atoms with van der Waals surface area (Å²) in [7, 11) is -1.77. The Morgan fingerprint density at radius 1 is 1.10 bits per heavy atom. The third-order valence-electron chi connectivity index (χ3n) is 7.50. The first-order valence-electron chi connectivity index (χ1n) is 14.8. The smallest absolute Gasteiger partial charge is 0.341 e. The monoisotopic (exact) mass is 755 g/mol. The molecule has 14 nitrogen and oxygen atoms in total. The predicted molar refractivity (Wildman–Crippen MR) is 182 cm³/mol. The maximum atomic E-state index is 14.7. The number of carboxylic acids is 2. The summed E-state index contributed by atoms with van der Waals surface area (Å²) < 4.78 is 35.4. The number of imide groups is 1. The first-order valence-corrected chi connectivity index (χ1v) is 17.8. The van der Waals surface area contributed by atoms with Crippen LogP contribution in [-0.2, 0) is 23.7 Å². The minimum absolute atomic E-state index is 0.0170. The van der Waals surface area contributed by atoms with E-state index in [0.29, 0.717) is 24.0 Å². The Morgan fingerprint density at radius 2 is 1.68 bits per heavy atom. The molecule has 0 spiro atoms. The number of hydrogen-bond acceptors (Lipinski definition) is 9. The predicted octanol–water partition coefficient (Wildman–Crippen LogP) is 4.32. The highest BCUT2D eigenvalue weighted by Gasteiger charge is 2.41. The number of ether oxygens (including phenoxy) is 2. The van der Waals surface area contributed by atoms with Crippen molar-refractivity contribution in [3.8, 4) is 23.8 Å². The largest absolute Gasteiger partial charge is 0.494 e. The first-order chi connectivity index (χ1) is 23.4. The molecule has 2 atom stereocenters. The third-order valence-corrected chi connectivity index (χ3v) is 9.20. The van der Waals surface area contributed by atoms with E-state index in [-0.39, 0.29) is 70.1 Å². The van der Waals surface area contributed by atoms with Crippen LogP contribution in [0.3, 0.4) is 0 Å². The average molecular weight is 757 g/mol. The van der Waals surface area contributed by atoms with Gasteiger partial charge >= 0.3 is 11.9 Å². The summed E-state index contributed by atoms with van der Waals surface area (Å²) in [5.41, 5.74) is 5.97. The van der Waals surface area contributed by atoms with Gasteiger partial charge in [-0.05, 0) is 50.3 Å². The van der Waals surface area contributed by atoms with E-state index in [1.165, 1.54) is 36.9 Å². The number of rotatable bonds is 8. The highest BCUT2D eigenvalue weighted by molar-refractivity contribution is 7.57. The van der Waals surface area contributed by atoms with Gasteiger partial charge in [-0.15, -0.1) is 6.42 Å². The van der Waals surface area contributed by atoms with Gasteiger partial charge < -0.3 is 30.3 Å². The number of methoxy groups -OCH3 is 1. The van der Waals surface area contributed by atoms with Gasteiger partial charge in [0.1, 0.15) is 17.4 Å². The molecule has 268 valence electrons. The topological polar surface area (TPSA) is 214 Å². The standard InChI is InChI=1S/C19H15FN2O4.C8H6Cl2O3.C5H12NO4P/c1-2-7-21-15-9-14(13(20)8-16(15)26-10-17(21)23)22-18(24)11-5-3-4-6-12(11)19(22)25;1-13-7-5(10)3-2-4(9)6(7)8(11)12;1-11(9,10)3-2-4(6)5(7)8/h1,8-9H,3-7,10H2;2-3H,1H3,(H,11,12);4H,2-3,6H2,1H3,(H,7,8)(H,9,10). The van der Waals surface area contributed by atoms with Crippen LogP contribution in [0.25, 0.3) is 0 Å². The molecular formula is C32H33Cl2FN3O11P. The molecule has 5 N–H and O–H groups in total. The van der Waals surface area contributed by atoms with Gasteiger partial charge in [0.15, 0.2) is 25.5 Å². The quantitative estimate of drug-likeness (QED) is 0.169. The normalized spacial score (nSPS) is 16.7. The van der Waals surface area contributed by atoms with Crippen molar-refractivity contribution in [2.45, 2.75) is 38.1 Å². The van der Waals surface area contributed by atoms with E-state index < -0.39 is 43.0 Å². The van der Waals surface area contributed by atoms with E-state index in [2.05, 4.69) is 5.92 Å². The molecule has 50 heavy (non-hydrogen) atoms. The van der Waals surface area contributed by atoms with Crippen molar-refractivity contribution in [2.24, 2.45) is 5.73 Å². The molecule has 5 rings (SSSR count). The molecule has 0 aromatic heterocycles. The number of nitrogens with zero attached hydrogens (tertiary/aromatic N) is 2. The summed E-state index contributed by atoms with van der Waals surface area (Å²) in [6, 6.07) is 4.23. The van der Waals surface area contributed by atoms with Crippen LogP contribution < -0.4 is 25.0 Å². The Kier molecular flexibility index (Phi) is 13.6. The van der Waals surface area contributed by atoms with Crippen molar-refractivity contribution in [1.82, 2.24) is 0 Å². The molecule has 2 aliphatic heterocycles. The molecule has 2 aromatic rings. The summed E-state index contributed by atoms with van der Waals surface area (Å²) in [4.78, 5) is 69.2.